The second kappa shape index (κ2) is 8.78. The molecule has 4 heteroatoms. The van der Waals surface area contributed by atoms with Crippen molar-refractivity contribution in [2.24, 2.45) is 5.92 Å². The molecule has 1 aromatic rings. The van der Waals surface area contributed by atoms with Gasteiger partial charge >= 0.3 is 0 Å². The highest BCUT2D eigenvalue weighted by Gasteiger charge is 2.29. The molecule has 1 aliphatic rings. The Balaban J connectivity index is 1.58. The van der Waals surface area contributed by atoms with Crippen molar-refractivity contribution < 1.29 is 14.2 Å². The molecule has 2 rings (SSSR count). The molecule has 1 aliphatic carbocycles. The number of methoxy groups -OCH3 is 1. The van der Waals surface area contributed by atoms with Crippen LogP contribution in [-0.4, -0.2) is 40.1 Å². The summed E-state index contributed by atoms with van der Waals surface area (Å²) in [6.45, 7) is 3.39. The summed E-state index contributed by atoms with van der Waals surface area (Å²) >= 11 is 3.82. The zero-order valence-electron chi connectivity index (χ0n) is 12.0. The maximum absolute atomic E-state index is 5.64. The molecule has 0 spiro atoms. The first kappa shape index (κ1) is 16.0. The molecule has 3 nitrogen and oxygen atoms in total. The third-order valence-electron chi connectivity index (χ3n) is 3.68. The van der Waals surface area contributed by atoms with Gasteiger partial charge in [-0.3, -0.25) is 0 Å². The highest BCUT2D eigenvalue weighted by Crippen LogP contribution is 2.43. The summed E-state index contributed by atoms with van der Waals surface area (Å²) in [6.07, 6.45) is 2.24. The summed E-state index contributed by atoms with van der Waals surface area (Å²) in [7, 11) is 1.68. The van der Waals surface area contributed by atoms with Gasteiger partial charge in [0.15, 0.2) is 0 Å². The second-order valence-electron chi connectivity index (χ2n) is 5.07. The molecule has 0 aromatic heterocycles. The minimum atomic E-state index is 0.472. The van der Waals surface area contributed by atoms with Gasteiger partial charge in [-0.1, -0.05) is 40.2 Å². The monoisotopic (exact) mass is 342 g/mol. The predicted octanol–water partition coefficient (Wildman–Crippen LogP) is 3.36. The SMILES string of the molecule is COCCOCCOCCC1Cc2ccccc2C1Br. The molecule has 0 amide bonds. The Bertz CT molecular complexity index is 397. The maximum Gasteiger partial charge on any atom is 0.0701 e. The number of halogens is 1. The van der Waals surface area contributed by atoms with E-state index in [0.717, 1.165) is 19.4 Å². The van der Waals surface area contributed by atoms with Gasteiger partial charge in [-0.05, 0) is 29.9 Å². The molecule has 0 heterocycles. The van der Waals surface area contributed by atoms with E-state index in [9.17, 15) is 0 Å². The molecule has 2 atom stereocenters. The fraction of sp³-hybridized carbons (Fsp3) is 0.625. The van der Waals surface area contributed by atoms with Crippen LogP contribution in [0.1, 0.15) is 22.4 Å². The molecule has 0 aliphatic heterocycles. The fourth-order valence-electron chi connectivity index (χ4n) is 2.58. The van der Waals surface area contributed by atoms with E-state index in [1.54, 1.807) is 7.11 Å². The van der Waals surface area contributed by atoms with E-state index >= 15 is 0 Å². The van der Waals surface area contributed by atoms with E-state index in [4.69, 9.17) is 14.2 Å². The van der Waals surface area contributed by atoms with Gasteiger partial charge in [-0.15, -0.1) is 0 Å². The molecule has 0 radical (unpaired) electrons. The van der Waals surface area contributed by atoms with Crippen LogP contribution in [0.15, 0.2) is 24.3 Å². The summed E-state index contributed by atoms with van der Waals surface area (Å²) < 4.78 is 15.9. The fourth-order valence-corrected chi connectivity index (χ4v) is 3.47. The standard InChI is InChI=1S/C16H23BrO3/c1-18-8-9-20-11-10-19-7-6-14-12-13-4-2-3-5-15(13)16(14)17/h2-5,14,16H,6-12H2,1H3. The number of hydrogen-bond donors (Lipinski definition) is 0. The Hall–Kier alpha value is -0.420. The summed E-state index contributed by atoms with van der Waals surface area (Å²) in [5.74, 6) is 0.641. The van der Waals surface area contributed by atoms with Gasteiger partial charge in [0.25, 0.3) is 0 Å². The Morgan fingerprint density at radius 2 is 1.75 bits per heavy atom. The first-order chi connectivity index (χ1) is 9.83. The molecule has 20 heavy (non-hydrogen) atoms. The van der Waals surface area contributed by atoms with E-state index in [2.05, 4.69) is 40.2 Å². The van der Waals surface area contributed by atoms with Gasteiger partial charge in [-0.25, -0.2) is 0 Å². The lowest BCUT2D eigenvalue weighted by atomic mass is 10.0. The molecule has 1 aromatic carbocycles. The molecule has 2 unspecified atom stereocenters. The first-order valence-corrected chi connectivity index (χ1v) is 8.10. The highest BCUT2D eigenvalue weighted by atomic mass is 79.9. The van der Waals surface area contributed by atoms with Gasteiger partial charge in [0.1, 0.15) is 0 Å². The molecule has 0 fully saturated rings. The van der Waals surface area contributed by atoms with Gasteiger partial charge < -0.3 is 14.2 Å². The van der Waals surface area contributed by atoms with Crippen LogP contribution in [0, 0.1) is 5.92 Å². The topological polar surface area (TPSA) is 27.7 Å². The van der Waals surface area contributed by atoms with E-state index in [1.807, 2.05) is 0 Å². The van der Waals surface area contributed by atoms with Gasteiger partial charge in [0.05, 0.1) is 26.4 Å². The lowest BCUT2D eigenvalue weighted by Crippen LogP contribution is -2.11. The minimum Gasteiger partial charge on any atom is -0.382 e. The summed E-state index contributed by atoms with van der Waals surface area (Å²) in [5, 5.41) is 0. The Kier molecular flexibility index (Phi) is 7.00. The van der Waals surface area contributed by atoms with Crippen molar-refractivity contribution >= 4 is 15.9 Å². The summed E-state index contributed by atoms with van der Waals surface area (Å²) in [5.41, 5.74) is 2.92. The van der Waals surface area contributed by atoms with Gasteiger partial charge in [0.2, 0.25) is 0 Å². The zero-order valence-corrected chi connectivity index (χ0v) is 13.6. The van der Waals surface area contributed by atoms with Gasteiger partial charge in [-0.2, -0.15) is 0 Å². The Labute approximate surface area is 129 Å². The molecule has 0 bridgehead atoms. The van der Waals surface area contributed by atoms with Crippen molar-refractivity contribution in [2.45, 2.75) is 17.7 Å². The molecule has 0 saturated carbocycles. The second-order valence-corrected chi connectivity index (χ2v) is 6.06. The first-order valence-electron chi connectivity index (χ1n) is 7.19. The lowest BCUT2D eigenvalue weighted by Gasteiger charge is -2.14. The van der Waals surface area contributed by atoms with Crippen molar-refractivity contribution in [1.82, 2.24) is 0 Å². The van der Waals surface area contributed by atoms with Crippen molar-refractivity contribution in [1.29, 1.82) is 0 Å². The van der Waals surface area contributed by atoms with Crippen LogP contribution in [0.25, 0.3) is 0 Å². The third kappa shape index (κ3) is 4.55. The number of benzene rings is 1. The van der Waals surface area contributed by atoms with Crippen LogP contribution < -0.4 is 0 Å². The molecule has 0 N–H and O–H groups in total. The van der Waals surface area contributed by atoms with Crippen molar-refractivity contribution in [2.75, 3.05) is 40.1 Å². The largest absolute Gasteiger partial charge is 0.382 e. The third-order valence-corrected chi connectivity index (χ3v) is 4.93. The van der Waals surface area contributed by atoms with Crippen molar-refractivity contribution in [3.8, 4) is 0 Å². The average Bonchev–Trinajstić information content (AvgIpc) is 2.79. The number of alkyl halides is 1. The van der Waals surface area contributed by atoms with Crippen LogP contribution in [0.2, 0.25) is 0 Å². The molecular formula is C16H23BrO3. The van der Waals surface area contributed by atoms with E-state index < -0.39 is 0 Å². The quantitative estimate of drug-likeness (QED) is 0.508. The number of ether oxygens (including phenoxy) is 3. The summed E-state index contributed by atoms with van der Waals surface area (Å²) in [6, 6.07) is 8.69. The minimum absolute atomic E-state index is 0.472. The zero-order chi connectivity index (χ0) is 14.2. The molecule has 112 valence electrons. The van der Waals surface area contributed by atoms with Crippen LogP contribution in [0.4, 0.5) is 0 Å². The van der Waals surface area contributed by atoms with E-state index in [1.165, 1.54) is 11.1 Å². The van der Waals surface area contributed by atoms with Crippen LogP contribution in [0.3, 0.4) is 0 Å². The van der Waals surface area contributed by atoms with E-state index in [-0.39, 0.29) is 0 Å². The average molecular weight is 343 g/mol. The van der Waals surface area contributed by atoms with Gasteiger partial charge in [0, 0.05) is 18.5 Å². The number of fused-ring (bicyclic) bond motifs is 1. The predicted molar refractivity (Wildman–Crippen MR) is 83.4 cm³/mol. The smallest absolute Gasteiger partial charge is 0.0701 e. The Morgan fingerprint density at radius 3 is 2.50 bits per heavy atom. The Morgan fingerprint density at radius 1 is 1.05 bits per heavy atom. The van der Waals surface area contributed by atoms with E-state index in [0.29, 0.717) is 37.2 Å². The normalized spacial score (nSPS) is 21.1. The number of hydrogen-bond acceptors (Lipinski definition) is 3. The summed E-state index contributed by atoms with van der Waals surface area (Å²) in [4.78, 5) is 0.472. The maximum atomic E-state index is 5.64. The van der Waals surface area contributed by atoms with Crippen molar-refractivity contribution in [3.05, 3.63) is 35.4 Å². The van der Waals surface area contributed by atoms with Crippen LogP contribution >= 0.6 is 15.9 Å². The van der Waals surface area contributed by atoms with Crippen LogP contribution in [0.5, 0.6) is 0 Å². The number of rotatable bonds is 9. The molecular weight excluding hydrogens is 320 g/mol. The molecule has 0 saturated heterocycles. The lowest BCUT2D eigenvalue weighted by molar-refractivity contribution is 0.0220. The van der Waals surface area contributed by atoms with Crippen molar-refractivity contribution in [3.63, 3.8) is 0 Å². The van der Waals surface area contributed by atoms with Crippen LogP contribution in [-0.2, 0) is 20.6 Å². The highest BCUT2D eigenvalue weighted by molar-refractivity contribution is 9.09.